The van der Waals surface area contributed by atoms with Gasteiger partial charge in [0, 0.05) is 6.08 Å². The summed E-state index contributed by atoms with van der Waals surface area (Å²) in [5.41, 5.74) is 0.151. The third kappa shape index (κ3) is 5.60. The maximum Gasteiger partial charge on any atom is 0.331 e. The minimum absolute atomic E-state index is 0.538. The van der Waals surface area contributed by atoms with Crippen LogP contribution in [0.3, 0.4) is 0 Å². The molecule has 0 spiro atoms. The first-order valence-corrected chi connectivity index (χ1v) is 8.37. The van der Waals surface area contributed by atoms with Gasteiger partial charge < -0.3 is 14.8 Å². The molecule has 8 heteroatoms. The molecule has 1 amide bonds. The van der Waals surface area contributed by atoms with Crippen molar-refractivity contribution >= 4 is 23.6 Å². The summed E-state index contributed by atoms with van der Waals surface area (Å²) in [7, 11) is 0. The van der Waals surface area contributed by atoms with E-state index >= 15 is 0 Å². The summed E-state index contributed by atoms with van der Waals surface area (Å²) in [6.07, 6.45) is 1.32. The van der Waals surface area contributed by atoms with Crippen molar-refractivity contribution in [3.05, 3.63) is 65.5 Å². The average Bonchev–Trinajstić information content (AvgIpc) is 2.68. The molecule has 0 heterocycles. The molecule has 148 valence electrons. The van der Waals surface area contributed by atoms with Crippen LogP contribution in [0, 0.1) is 17.5 Å². The number of carbonyl (C=O) groups is 2. The topological polar surface area (TPSA) is 64.6 Å². The number of rotatable bonds is 7. The minimum atomic E-state index is -1.71. The molecule has 28 heavy (non-hydrogen) atoms. The van der Waals surface area contributed by atoms with E-state index in [0.29, 0.717) is 24.0 Å². The molecular weight excluding hydrogens is 375 g/mol. The number of benzene rings is 2. The third-order valence-corrected chi connectivity index (χ3v) is 3.56. The van der Waals surface area contributed by atoms with Gasteiger partial charge in [-0.05, 0) is 49.8 Å². The smallest absolute Gasteiger partial charge is 0.331 e. The maximum atomic E-state index is 13.6. The summed E-state index contributed by atoms with van der Waals surface area (Å²) in [5.74, 6) is -5.63. The van der Waals surface area contributed by atoms with Crippen LogP contribution in [-0.2, 0) is 14.3 Å². The van der Waals surface area contributed by atoms with Crippen molar-refractivity contribution in [3.63, 3.8) is 0 Å². The molecule has 0 radical (unpaired) electrons. The molecular formula is C20H18F3NO4. The average molecular weight is 393 g/mol. The van der Waals surface area contributed by atoms with Crippen LogP contribution < -0.4 is 10.1 Å². The fourth-order valence-corrected chi connectivity index (χ4v) is 2.13. The van der Waals surface area contributed by atoms with E-state index in [1.54, 1.807) is 24.3 Å². The largest absolute Gasteiger partial charge is 0.494 e. The maximum absolute atomic E-state index is 13.6. The van der Waals surface area contributed by atoms with Crippen LogP contribution in [0.15, 0.2) is 42.5 Å². The van der Waals surface area contributed by atoms with Gasteiger partial charge in [0.1, 0.15) is 5.75 Å². The second-order valence-electron chi connectivity index (χ2n) is 5.63. The Morgan fingerprint density at radius 2 is 1.75 bits per heavy atom. The lowest BCUT2D eigenvalue weighted by molar-refractivity contribution is -0.148. The Balaban J connectivity index is 1.92. The van der Waals surface area contributed by atoms with E-state index in [4.69, 9.17) is 9.47 Å². The van der Waals surface area contributed by atoms with Crippen LogP contribution in [0.5, 0.6) is 5.75 Å². The highest BCUT2D eigenvalue weighted by Crippen LogP contribution is 2.20. The normalized spacial score (nSPS) is 11.9. The zero-order valence-corrected chi connectivity index (χ0v) is 15.2. The fourth-order valence-electron chi connectivity index (χ4n) is 2.13. The van der Waals surface area contributed by atoms with E-state index in [-0.39, 0.29) is 0 Å². The number of hydrogen-bond donors (Lipinski definition) is 1. The zero-order chi connectivity index (χ0) is 20.7. The first kappa shape index (κ1) is 21.0. The Hall–Kier alpha value is -3.29. The number of ether oxygens (including phenoxy) is 2. The predicted octanol–water partition coefficient (Wildman–Crippen LogP) is 4.09. The van der Waals surface area contributed by atoms with Crippen molar-refractivity contribution < 1.29 is 32.2 Å². The molecule has 0 aliphatic heterocycles. The summed E-state index contributed by atoms with van der Waals surface area (Å²) in [6.45, 7) is 3.66. The van der Waals surface area contributed by atoms with Gasteiger partial charge in [-0.3, -0.25) is 4.79 Å². The molecule has 0 unspecified atom stereocenters. The summed E-state index contributed by atoms with van der Waals surface area (Å²) < 4.78 is 49.9. The lowest BCUT2D eigenvalue weighted by Gasteiger charge is -2.13. The summed E-state index contributed by atoms with van der Waals surface area (Å²) in [6, 6.07) is 8.48. The molecule has 2 rings (SSSR count). The molecule has 0 fully saturated rings. The van der Waals surface area contributed by atoms with E-state index in [1.165, 1.54) is 13.0 Å². The predicted molar refractivity (Wildman–Crippen MR) is 97.1 cm³/mol. The fraction of sp³-hybridized carbons (Fsp3) is 0.200. The molecule has 0 saturated heterocycles. The first-order chi connectivity index (χ1) is 13.3. The highest BCUT2D eigenvalue weighted by atomic mass is 19.2. The molecule has 0 bridgehead atoms. The number of halogens is 3. The lowest BCUT2D eigenvalue weighted by atomic mass is 10.2. The standard InChI is InChI=1S/C20H18F3NO4/c1-3-27-14-7-4-13(5-8-14)6-11-17(25)28-12(2)20(26)24-16-10-9-15(21)18(22)19(16)23/h4-12H,3H2,1-2H3,(H,24,26)/b11-6+/t12-/m1/s1. The molecule has 1 atom stereocenters. The van der Waals surface area contributed by atoms with Crippen molar-refractivity contribution in [2.45, 2.75) is 20.0 Å². The zero-order valence-electron chi connectivity index (χ0n) is 15.2. The van der Waals surface area contributed by atoms with Gasteiger partial charge in [0.15, 0.2) is 23.6 Å². The Morgan fingerprint density at radius 1 is 1.07 bits per heavy atom. The van der Waals surface area contributed by atoms with Crippen LogP contribution in [0.1, 0.15) is 19.4 Å². The van der Waals surface area contributed by atoms with Crippen molar-refractivity contribution in [2.75, 3.05) is 11.9 Å². The third-order valence-electron chi connectivity index (χ3n) is 3.56. The van der Waals surface area contributed by atoms with Crippen molar-refractivity contribution in [3.8, 4) is 5.75 Å². The van der Waals surface area contributed by atoms with E-state index < -0.39 is 41.1 Å². The molecule has 1 N–H and O–H groups in total. The van der Waals surface area contributed by atoms with Gasteiger partial charge in [-0.25, -0.2) is 18.0 Å². The van der Waals surface area contributed by atoms with Crippen LogP contribution in [0.4, 0.5) is 18.9 Å². The van der Waals surface area contributed by atoms with Crippen molar-refractivity contribution in [1.82, 2.24) is 0 Å². The number of nitrogens with one attached hydrogen (secondary N) is 1. The van der Waals surface area contributed by atoms with Gasteiger partial charge in [-0.1, -0.05) is 12.1 Å². The SMILES string of the molecule is CCOc1ccc(/C=C/C(=O)O[C@H](C)C(=O)Nc2ccc(F)c(F)c2F)cc1. The van der Waals surface area contributed by atoms with Gasteiger partial charge in [0.25, 0.3) is 5.91 Å². The Morgan fingerprint density at radius 3 is 2.39 bits per heavy atom. The molecule has 2 aromatic rings. The van der Waals surface area contributed by atoms with Gasteiger partial charge in [-0.15, -0.1) is 0 Å². The summed E-state index contributed by atoms with van der Waals surface area (Å²) in [4.78, 5) is 23.8. The summed E-state index contributed by atoms with van der Waals surface area (Å²) in [5, 5.41) is 2.04. The van der Waals surface area contributed by atoms with Crippen LogP contribution >= 0.6 is 0 Å². The van der Waals surface area contributed by atoms with E-state index in [9.17, 15) is 22.8 Å². The van der Waals surface area contributed by atoms with Crippen LogP contribution in [0.25, 0.3) is 6.08 Å². The Kier molecular flexibility index (Phi) is 7.20. The number of esters is 1. The van der Waals surface area contributed by atoms with Gasteiger partial charge in [0.2, 0.25) is 0 Å². The number of anilines is 1. The number of amides is 1. The monoisotopic (exact) mass is 393 g/mol. The summed E-state index contributed by atoms with van der Waals surface area (Å²) >= 11 is 0. The lowest BCUT2D eigenvalue weighted by Crippen LogP contribution is -2.29. The van der Waals surface area contributed by atoms with Gasteiger partial charge in [0.05, 0.1) is 12.3 Å². The number of hydrogen-bond acceptors (Lipinski definition) is 4. The first-order valence-electron chi connectivity index (χ1n) is 8.37. The van der Waals surface area contributed by atoms with Crippen LogP contribution in [0.2, 0.25) is 0 Å². The van der Waals surface area contributed by atoms with E-state index in [1.807, 2.05) is 12.2 Å². The Labute approximate surface area is 159 Å². The van der Waals surface area contributed by atoms with Gasteiger partial charge >= 0.3 is 5.97 Å². The second kappa shape index (κ2) is 9.59. The molecule has 0 aromatic heterocycles. The van der Waals surface area contributed by atoms with Crippen molar-refractivity contribution in [1.29, 1.82) is 0 Å². The molecule has 0 saturated carbocycles. The minimum Gasteiger partial charge on any atom is -0.494 e. The van der Waals surface area contributed by atoms with E-state index in [2.05, 4.69) is 0 Å². The molecule has 0 aliphatic rings. The Bertz CT molecular complexity index is 882. The second-order valence-corrected chi connectivity index (χ2v) is 5.63. The quantitative estimate of drug-likeness (QED) is 0.437. The van der Waals surface area contributed by atoms with Crippen LogP contribution in [-0.4, -0.2) is 24.6 Å². The molecule has 5 nitrogen and oxygen atoms in total. The van der Waals surface area contributed by atoms with E-state index in [0.717, 1.165) is 12.1 Å². The number of carbonyl (C=O) groups excluding carboxylic acids is 2. The molecule has 2 aromatic carbocycles. The van der Waals surface area contributed by atoms with Gasteiger partial charge in [-0.2, -0.15) is 0 Å². The van der Waals surface area contributed by atoms with Crippen molar-refractivity contribution in [2.24, 2.45) is 0 Å². The molecule has 0 aliphatic carbocycles. The highest BCUT2D eigenvalue weighted by molar-refractivity contribution is 5.96. The highest BCUT2D eigenvalue weighted by Gasteiger charge is 2.20.